The predicted octanol–water partition coefficient (Wildman–Crippen LogP) is 3.42. The van der Waals surface area contributed by atoms with Crippen LogP contribution in [0.3, 0.4) is 0 Å². The van der Waals surface area contributed by atoms with E-state index in [-0.39, 0.29) is 0 Å². The van der Waals surface area contributed by atoms with Crippen molar-refractivity contribution in [3.63, 3.8) is 0 Å². The number of hydrogen-bond donors (Lipinski definition) is 1. The van der Waals surface area contributed by atoms with Gasteiger partial charge >= 0.3 is 0 Å². The summed E-state index contributed by atoms with van der Waals surface area (Å²) in [4.78, 5) is 2.83. The van der Waals surface area contributed by atoms with Crippen molar-refractivity contribution in [3.05, 3.63) is 0 Å². The van der Waals surface area contributed by atoms with Gasteiger partial charge in [-0.15, -0.1) is 0 Å². The Kier molecular flexibility index (Phi) is 5.08. The monoisotopic (exact) mass is 252 g/mol. The van der Waals surface area contributed by atoms with Crippen LogP contribution in [0, 0.1) is 5.92 Å². The molecule has 106 valence electrons. The molecule has 1 saturated carbocycles. The van der Waals surface area contributed by atoms with E-state index in [0.717, 1.165) is 12.0 Å². The van der Waals surface area contributed by atoms with E-state index in [1.807, 2.05) is 0 Å². The van der Waals surface area contributed by atoms with Crippen LogP contribution in [0.2, 0.25) is 0 Å². The molecule has 18 heavy (non-hydrogen) atoms. The van der Waals surface area contributed by atoms with Crippen molar-refractivity contribution in [2.45, 2.75) is 77.3 Å². The van der Waals surface area contributed by atoms with Crippen LogP contribution in [0.1, 0.15) is 65.7 Å². The minimum Gasteiger partial charge on any atom is -0.310 e. The molecule has 1 aliphatic carbocycles. The van der Waals surface area contributed by atoms with Gasteiger partial charge in [0.1, 0.15) is 0 Å². The second kappa shape index (κ2) is 6.38. The summed E-state index contributed by atoms with van der Waals surface area (Å²) >= 11 is 0. The van der Waals surface area contributed by atoms with Crippen LogP contribution in [-0.4, -0.2) is 36.1 Å². The van der Waals surface area contributed by atoms with Gasteiger partial charge in [0.05, 0.1) is 0 Å². The first-order valence-corrected chi connectivity index (χ1v) is 8.17. The molecule has 1 saturated heterocycles. The van der Waals surface area contributed by atoms with Crippen molar-refractivity contribution in [1.82, 2.24) is 10.2 Å². The zero-order chi connectivity index (χ0) is 13.0. The molecule has 0 aromatic rings. The van der Waals surface area contributed by atoms with Crippen LogP contribution in [0.15, 0.2) is 0 Å². The summed E-state index contributed by atoms with van der Waals surface area (Å²) < 4.78 is 0. The molecule has 1 aliphatic heterocycles. The van der Waals surface area contributed by atoms with E-state index in [4.69, 9.17) is 0 Å². The zero-order valence-corrected chi connectivity index (χ0v) is 12.7. The summed E-state index contributed by atoms with van der Waals surface area (Å²) in [5.41, 5.74) is 0.340. The summed E-state index contributed by atoms with van der Waals surface area (Å²) in [6.07, 6.45) is 9.76. The van der Waals surface area contributed by atoms with Crippen LogP contribution in [0.4, 0.5) is 0 Å². The first-order valence-electron chi connectivity index (χ1n) is 8.17. The Balaban J connectivity index is 2.04. The van der Waals surface area contributed by atoms with Gasteiger partial charge in [0.15, 0.2) is 0 Å². The third-order valence-corrected chi connectivity index (χ3v) is 5.37. The molecule has 0 spiro atoms. The molecule has 2 heteroatoms. The SMILES string of the molecule is CCC1CCCCC1N1CCCNC(C)(CC)C1. The molecule has 0 bridgehead atoms. The average molecular weight is 252 g/mol. The molecular formula is C16H32N2. The molecule has 0 aromatic carbocycles. The van der Waals surface area contributed by atoms with E-state index in [2.05, 4.69) is 31.0 Å². The van der Waals surface area contributed by atoms with Gasteiger partial charge in [-0.05, 0) is 51.6 Å². The van der Waals surface area contributed by atoms with Gasteiger partial charge in [-0.3, -0.25) is 4.90 Å². The molecule has 2 fully saturated rings. The highest BCUT2D eigenvalue weighted by Crippen LogP contribution is 2.32. The number of rotatable bonds is 3. The van der Waals surface area contributed by atoms with Gasteiger partial charge < -0.3 is 5.32 Å². The first-order chi connectivity index (χ1) is 8.68. The summed E-state index contributed by atoms with van der Waals surface area (Å²) in [5.74, 6) is 0.956. The molecule has 1 heterocycles. The van der Waals surface area contributed by atoms with Gasteiger partial charge in [0.25, 0.3) is 0 Å². The maximum absolute atomic E-state index is 3.77. The minimum absolute atomic E-state index is 0.340. The van der Waals surface area contributed by atoms with Crippen molar-refractivity contribution in [1.29, 1.82) is 0 Å². The van der Waals surface area contributed by atoms with E-state index in [0.29, 0.717) is 5.54 Å². The average Bonchev–Trinajstić information content (AvgIpc) is 2.61. The zero-order valence-electron chi connectivity index (χ0n) is 12.7. The molecule has 1 N–H and O–H groups in total. The molecule has 3 atom stereocenters. The second-order valence-corrected chi connectivity index (χ2v) is 6.69. The lowest BCUT2D eigenvalue weighted by Crippen LogP contribution is -2.52. The van der Waals surface area contributed by atoms with E-state index in [1.54, 1.807) is 0 Å². The van der Waals surface area contributed by atoms with Crippen molar-refractivity contribution < 1.29 is 0 Å². The van der Waals surface area contributed by atoms with Crippen LogP contribution in [-0.2, 0) is 0 Å². The fourth-order valence-electron chi connectivity index (χ4n) is 3.92. The minimum atomic E-state index is 0.340. The lowest BCUT2D eigenvalue weighted by Gasteiger charge is -2.42. The predicted molar refractivity (Wildman–Crippen MR) is 78.9 cm³/mol. The van der Waals surface area contributed by atoms with E-state index >= 15 is 0 Å². The van der Waals surface area contributed by atoms with Crippen molar-refractivity contribution in [2.24, 2.45) is 5.92 Å². The molecule has 3 unspecified atom stereocenters. The van der Waals surface area contributed by atoms with Crippen molar-refractivity contribution in [2.75, 3.05) is 19.6 Å². The Bertz CT molecular complexity index is 253. The molecular weight excluding hydrogens is 220 g/mol. The molecule has 2 nitrogen and oxygen atoms in total. The lowest BCUT2D eigenvalue weighted by atomic mass is 9.81. The Morgan fingerprint density at radius 1 is 1.17 bits per heavy atom. The Labute approximate surface area is 114 Å². The maximum Gasteiger partial charge on any atom is 0.0277 e. The van der Waals surface area contributed by atoms with Crippen LogP contribution in [0.5, 0.6) is 0 Å². The van der Waals surface area contributed by atoms with E-state index in [1.165, 1.54) is 64.6 Å². The van der Waals surface area contributed by atoms with Gasteiger partial charge in [-0.2, -0.15) is 0 Å². The highest BCUT2D eigenvalue weighted by Gasteiger charge is 2.34. The summed E-state index contributed by atoms with van der Waals surface area (Å²) in [7, 11) is 0. The molecule has 0 aromatic heterocycles. The summed E-state index contributed by atoms with van der Waals surface area (Å²) in [6, 6.07) is 0.870. The van der Waals surface area contributed by atoms with Gasteiger partial charge in [-0.25, -0.2) is 0 Å². The Hall–Kier alpha value is -0.0800. The summed E-state index contributed by atoms with van der Waals surface area (Å²) in [6.45, 7) is 10.9. The second-order valence-electron chi connectivity index (χ2n) is 6.69. The number of nitrogens with zero attached hydrogens (tertiary/aromatic N) is 1. The molecule has 0 radical (unpaired) electrons. The number of nitrogens with one attached hydrogen (secondary N) is 1. The highest BCUT2D eigenvalue weighted by atomic mass is 15.2. The quantitative estimate of drug-likeness (QED) is 0.828. The largest absolute Gasteiger partial charge is 0.310 e. The highest BCUT2D eigenvalue weighted by molar-refractivity contribution is 4.92. The first kappa shape index (κ1) is 14.3. The smallest absolute Gasteiger partial charge is 0.0277 e. The third kappa shape index (κ3) is 3.27. The van der Waals surface area contributed by atoms with E-state index < -0.39 is 0 Å². The van der Waals surface area contributed by atoms with Crippen LogP contribution >= 0.6 is 0 Å². The maximum atomic E-state index is 3.77. The van der Waals surface area contributed by atoms with Gasteiger partial charge in [-0.1, -0.05) is 33.1 Å². The molecule has 2 rings (SSSR count). The van der Waals surface area contributed by atoms with Crippen LogP contribution < -0.4 is 5.32 Å². The standard InChI is InChI=1S/C16H32N2/c1-4-14-9-6-7-10-15(14)18-12-8-11-17-16(3,5-2)13-18/h14-15,17H,4-13H2,1-3H3. The van der Waals surface area contributed by atoms with Crippen molar-refractivity contribution >= 4 is 0 Å². The van der Waals surface area contributed by atoms with Crippen LogP contribution in [0.25, 0.3) is 0 Å². The molecule has 2 aliphatic rings. The number of hydrogen-bond acceptors (Lipinski definition) is 2. The topological polar surface area (TPSA) is 15.3 Å². The van der Waals surface area contributed by atoms with Gasteiger partial charge in [0, 0.05) is 18.1 Å². The Morgan fingerprint density at radius 3 is 2.67 bits per heavy atom. The fraction of sp³-hybridized carbons (Fsp3) is 1.00. The molecule has 0 amide bonds. The van der Waals surface area contributed by atoms with Crippen molar-refractivity contribution in [3.8, 4) is 0 Å². The van der Waals surface area contributed by atoms with E-state index in [9.17, 15) is 0 Å². The normalized spacial score (nSPS) is 39.5. The lowest BCUT2D eigenvalue weighted by molar-refractivity contribution is 0.0837. The third-order valence-electron chi connectivity index (χ3n) is 5.37. The van der Waals surface area contributed by atoms with Gasteiger partial charge in [0.2, 0.25) is 0 Å². The summed E-state index contributed by atoms with van der Waals surface area (Å²) in [5, 5.41) is 3.77. The Morgan fingerprint density at radius 2 is 1.94 bits per heavy atom. The fourth-order valence-corrected chi connectivity index (χ4v) is 3.92.